The molecule has 0 saturated heterocycles. The average Bonchev–Trinajstić information content (AvgIpc) is 3.39. The predicted molar refractivity (Wildman–Crippen MR) is 148 cm³/mol. The highest BCUT2D eigenvalue weighted by atomic mass is 32.1. The number of thiazole rings is 1. The first-order chi connectivity index (χ1) is 16.5. The molecule has 0 amide bonds. The van der Waals surface area contributed by atoms with Gasteiger partial charge in [0.05, 0.1) is 17.6 Å². The van der Waals surface area contributed by atoms with Crippen LogP contribution in [0.1, 0.15) is 27.7 Å². The third-order valence-electron chi connectivity index (χ3n) is 5.76. The lowest BCUT2D eigenvalue weighted by Crippen LogP contribution is -2.21. The number of fused-ring (bicyclic) bond motifs is 5. The van der Waals surface area contributed by atoms with Crippen molar-refractivity contribution in [2.24, 2.45) is 0 Å². The minimum absolute atomic E-state index is 0.502. The van der Waals surface area contributed by atoms with Gasteiger partial charge >= 0.3 is 0 Å². The molecular weight excluding hydrogens is 483 g/mol. The summed E-state index contributed by atoms with van der Waals surface area (Å²) in [6.45, 7) is 12.7. The summed E-state index contributed by atoms with van der Waals surface area (Å²) >= 11 is 12.8. The number of hydrogen-bond donors (Lipinski definition) is 1. The molecule has 3 aromatic heterocycles. The van der Waals surface area contributed by atoms with Crippen LogP contribution in [0.15, 0.2) is 48.5 Å². The molecule has 0 radical (unpaired) electrons. The number of nitrogens with zero attached hydrogens (tertiary/aromatic N) is 4. The fourth-order valence-corrected chi connectivity index (χ4v) is 5.60. The number of para-hydroxylation sites is 2. The van der Waals surface area contributed by atoms with Gasteiger partial charge in [-0.2, -0.15) is 4.98 Å². The highest BCUT2D eigenvalue weighted by Gasteiger charge is 2.16. The minimum Gasteiger partial charge on any atom is -0.494 e. The topological polar surface area (TPSA) is 50.5 Å². The van der Waals surface area contributed by atoms with Crippen LogP contribution in [0.4, 0.5) is 0 Å². The molecule has 0 spiro atoms. The molecule has 0 bridgehead atoms. The van der Waals surface area contributed by atoms with Gasteiger partial charge in [0.1, 0.15) is 16.1 Å². The summed E-state index contributed by atoms with van der Waals surface area (Å²) in [4.78, 5) is 10.6. The Kier molecular flexibility index (Phi) is 7.77. The largest absolute Gasteiger partial charge is 0.494 e. The smallest absolute Gasteiger partial charge is 0.207 e. The average molecular weight is 512 g/mol. The molecule has 6 nitrogen and oxygen atoms in total. The van der Waals surface area contributed by atoms with E-state index in [-0.39, 0.29) is 0 Å². The molecule has 178 valence electrons. The van der Waals surface area contributed by atoms with E-state index < -0.39 is 0 Å². The van der Waals surface area contributed by atoms with Gasteiger partial charge in [-0.05, 0) is 87.4 Å². The molecular formula is C25H29N5OS3. The molecule has 2 aromatic carbocycles. The zero-order valence-electron chi connectivity index (χ0n) is 19.9. The van der Waals surface area contributed by atoms with Crippen molar-refractivity contribution in [2.45, 2.75) is 27.7 Å². The van der Waals surface area contributed by atoms with E-state index in [0.29, 0.717) is 11.4 Å². The first-order valence-corrected chi connectivity index (χ1v) is 13.2. The van der Waals surface area contributed by atoms with Gasteiger partial charge in [-0.3, -0.25) is 8.97 Å². The molecule has 0 saturated carbocycles. The lowest BCUT2D eigenvalue weighted by Gasteiger charge is -2.13. The lowest BCUT2D eigenvalue weighted by atomic mass is 10.3. The summed E-state index contributed by atoms with van der Waals surface area (Å²) in [6, 6.07) is 15.9. The molecule has 0 unspecified atom stereocenters. The van der Waals surface area contributed by atoms with E-state index in [4.69, 9.17) is 34.2 Å². The molecule has 0 fully saturated rings. The second-order valence-corrected chi connectivity index (χ2v) is 9.63. The van der Waals surface area contributed by atoms with Gasteiger partial charge in [0.25, 0.3) is 0 Å². The van der Waals surface area contributed by atoms with E-state index in [1.807, 2.05) is 64.4 Å². The van der Waals surface area contributed by atoms with E-state index in [1.165, 1.54) is 31.0 Å². The van der Waals surface area contributed by atoms with Crippen molar-refractivity contribution in [2.75, 3.05) is 26.2 Å². The number of ether oxygens (including phenoxy) is 1. The van der Waals surface area contributed by atoms with Crippen LogP contribution in [-0.4, -0.2) is 50.1 Å². The fraction of sp³-hybridized carbons (Fsp3) is 0.320. The van der Waals surface area contributed by atoms with Gasteiger partial charge < -0.3 is 14.6 Å². The molecule has 5 aromatic rings. The van der Waals surface area contributed by atoms with Gasteiger partial charge in [-0.1, -0.05) is 44.2 Å². The lowest BCUT2D eigenvalue weighted by molar-refractivity contribution is 0.321. The first-order valence-electron chi connectivity index (χ1n) is 11.5. The van der Waals surface area contributed by atoms with Crippen LogP contribution in [0.2, 0.25) is 0 Å². The second-order valence-electron chi connectivity index (χ2n) is 7.62. The van der Waals surface area contributed by atoms with Gasteiger partial charge in [-0.15, -0.1) is 0 Å². The van der Waals surface area contributed by atoms with Gasteiger partial charge in [0, 0.05) is 5.69 Å². The van der Waals surface area contributed by atoms with Crippen molar-refractivity contribution in [1.82, 2.24) is 23.8 Å². The maximum Gasteiger partial charge on any atom is 0.207 e. The third-order valence-corrected chi connectivity index (χ3v) is 7.41. The summed E-state index contributed by atoms with van der Waals surface area (Å²) in [7, 11) is 0. The zero-order valence-corrected chi connectivity index (χ0v) is 22.3. The first kappa shape index (κ1) is 24.5. The summed E-state index contributed by atoms with van der Waals surface area (Å²) in [6.07, 6.45) is 0. The van der Waals surface area contributed by atoms with Crippen molar-refractivity contribution >= 4 is 62.8 Å². The number of nitrogens with one attached hydrogen (secondary N) is 1. The molecule has 0 aliphatic carbocycles. The van der Waals surface area contributed by atoms with Crippen LogP contribution in [0.3, 0.4) is 0 Å². The number of rotatable bonds is 6. The van der Waals surface area contributed by atoms with Crippen LogP contribution in [0.25, 0.3) is 32.7 Å². The molecule has 34 heavy (non-hydrogen) atoms. The number of hydrogen-bond acceptors (Lipinski definition) is 6. The highest BCUT2D eigenvalue weighted by Crippen LogP contribution is 2.31. The number of H-pyrrole nitrogens is 1. The number of benzene rings is 2. The van der Waals surface area contributed by atoms with Crippen molar-refractivity contribution in [3.63, 3.8) is 0 Å². The van der Waals surface area contributed by atoms with E-state index in [9.17, 15) is 0 Å². The summed E-state index contributed by atoms with van der Waals surface area (Å²) in [5.74, 6) is 0.831. The van der Waals surface area contributed by atoms with Gasteiger partial charge in [0.2, 0.25) is 4.77 Å². The van der Waals surface area contributed by atoms with E-state index in [1.54, 1.807) is 0 Å². The highest BCUT2D eigenvalue weighted by molar-refractivity contribution is 7.73. The molecule has 9 heteroatoms. The Morgan fingerprint density at radius 3 is 2.26 bits per heavy atom. The number of aromatic amines is 1. The number of aromatic nitrogens is 4. The second kappa shape index (κ2) is 10.8. The molecule has 0 aliphatic heterocycles. The number of imidazole rings is 1. The molecule has 3 heterocycles. The normalized spacial score (nSPS) is 11.3. The van der Waals surface area contributed by atoms with Crippen LogP contribution in [0, 0.1) is 8.73 Å². The van der Waals surface area contributed by atoms with Gasteiger partial charge in [-0.25, -0.2) is 0 Å². The Morgan fingerprint density at radius 1 is 0.971 bits per heavy atom. The Morgan fingerprint density at radius 2 is 1.65 bits per heavy atom. The quantitative estimate of drug-likeness (QED) is 0.248. The maximum atomic E-state index is 5.66. The minimum atomic E-state index is 0.502. The standard InChI is InChI=1S/C19H14N4OS3.C6H15N/c1-2-24-12-9-7-11(8-10-12)22-17-15(27-19(22)26)16-20-13-5-3-4-6-14(13)23(16)18(25)21-17;1-4-7(5-2)6-3/h3-10,20H,2H2,1H3;4-6H2,1-3H3. The molecule has 0 atom stereocenters. The van der Waals surface area contributed by atoms with Crippen LogP contribution in [-0.2, 0) is 0 Å². The SMILES string of the molecule is CCN(CC)CC.CCOc1ccc(-n2c(=S)sc3c2nc(=S)n2c4ccccc4[nH]c32)cc1. The predicted octanol–water partition coefficient (Wildman–Crippen LogP) is 7.03. The summed E-state index contributed by atoms with van der Waals surface area (Å²) in [5, 5.41) is 0. The Bertz CT molecular complexity index is 1520. The Balaban J connectivity index is 0.000000344. The summed E-state index contributed by atoms with van der Waals surface area (Å²) < 4.78 is 11.7. The van der Waals surface area contributed by atoms with Crippen LogP contribution >= 0.6 is 35.8 Å². The van der Waals surface area contributed by atoms with Crippen LogP contribution < -0.4 is 4.74 Å². The van der Waals surface area contributed by atoms with E-state index >= 15 is 0 Å². The van der Waals surface area contributed by atoms with Gasteiger partial charge in [0.15, 0.2) is 9.60 Å². The van der Waals surface area contributed by atoms with E-state index in [2.05, 4.69) is 30.7 Å². The molecule has 1 N–H and O–H groups in total. The Labute approximate surface area is 213 Å². The Hall–Kier alpha value is -2.59. The molecule has 5 rings (SSSR count). The van der Waals surface area contributed by atoms with Crippen LogP contribution in [0.5, 0.6) is 5.75 Å². The van der Waals surface area contributed by atoms with Crippen molar-refractivity contribution in [1.29, 1.82) is 0 Å². The maximum absolute atomic E-state index is 5.66. The van der Waals surface area contributed by atoms with E-state index in [0.717, 1.165) is 42.4 Å². The summed E-state index contributed by atoms with van der Waals surface area (Å²) in [5.41, 5.74) is 4.67. The zero-order chi connectivity index (χ0) is 24.2. The molecule has 0 aliphatic rings. The van der Waals surface area contributed by atoms with Crippen molar-refractivity contribution < 1.29 is 4.74 Å². The monoisotopic (exact) mass is 511 g/mol. The van der Waals surface area contributed by atoms with Crippen molar-refractivity contribution in [3.8, 4) is 11.4 Å². The third kappa shape index (κ3) is 4.65. The fourth-order valence-electron chi connectivity index (χ4n) is 3.95. The van der Waals surface area contributed by atoms with Crippen molar-refractivity contribution in [3.05, 3.63) is 57.3 Å².